The molecule has 0 atom stereocenters. The van der Waals surface area contributed by atoms with Gasteiger partial charge >= 0.3 is 6.09 Å². The highest BCUT2D eigenvalue weighted by atomic mass is 35.5. The summed E-state index contributed by atoms with van der Waals surface area (Å²) in [4.78, 5) is 22.4. The Morgan fingerprint density at radius 2 is 1.94 bits per heavy atom. The molecule has 1 rings (SSSR count). The topological polar surface area (TPSA) is 78.5 Å². The first-order valence-electron chi connectivity index (χ1n) is 5.20. The van der Waals surface area contributed by atoms with E-state index < -0.39 is 17.7 Å². The van der Waals surface area contributed by atoms with Crippen LogP contribution in [0.15, 0.2) is 18.2 Å². The molecule has 0 aromatic heterocycles. The van der Waals surface area contributed by atoms with Gasteiger partial charge < -0.3 is 14.6 Å². The molecule has 0 heterocycles. The van der Waals surface area contributed by atoms with Crippen LogP contribution in [0.5, 0.6) is 0 Å². The second kappa shape index (κ2) is 5.27. The molecule has 0 bridgehead atoms. The summed E-state index contributed by atoms with van der Waals surface area (Å²) in [7, 11) is 0. The van der Waals surface area contributed by atoms with E-state index in [9.17, 15) is 14.7 Å². The molecule has 1 aromatic carbocycles. The summed E-state index contributed by atoms with van der Waals surface area (Å²) >= 11 is 5.73. The Morgan fingerprint density at radius 3 is 2.44 bits per heavy atom. The van der Waals surface area contributed by atoms with Gasteiger partial charge in [0.05, 0.1) is 11.7 Å². The molecule has 0 spiro atoms. The predicted octanol–water partition coefficient (Wildman–Crippen LogP) is 2.05. The summed E-state index contributed by atoms with van der Waals surface area (Å²) in [6, 6.07) is 3.97. The zero-order valence-electron chi connectivity index (χ0n) is 10.2. The van der Waals surface area contributed by atoms with E-state index in [-0.39, 0.29) is 11.3 Å². The Bertz CT molecular complexity index is 479. The zero-order valence-corrected chi connectivity index (χ0v) is 11.0. The van der Waals surface area contributed by atoms with Crippen molar-refractivity contribution in [1.29, 1.82) is 0 Å². The lowest BCUT2D eigenvalue weighted by molar-refractivity contribution is -0.254. The first-order chi connectivity index (χ1) is 8.19. The number of halogens is 1. The second-order valence-corrected chi connectivity index (χ2v) is 5.04. The zero-order chi connectivity index (χ0) is 13.9. The molecule has 0 aliphatic heterocycles. The number of ether oxygens (including phenoxy) is 1. The number of hydrogen-bond donors (Lipinski definition) is 1. The molecule has 18 heavy (non-hydrogen) atoms. The first-order valence-corrected chi connectivity index (χ1v) is 5.58. The summed E-state index contributed by atoms with van der Waals surface area (Å²) in [6.07, 6.45) is -0.757. The molecule has 6 heteroatoms. The molecule has 0 saturated heterocycles. The molecule has 5 nitrogen and oxygen atoms in total. The van der Waals surface area contributed by atoms with Crippen molar-refractivity contribution in [1.82, 2.24) is 0 Å². The standard InChI is InChI=1S/C12H14ClNO4/c1-12(2,3)18-11(17)14-9-6-7(13)4-5-8(9)10(15)16/h4-6H,1-3H3,(H,14,17)(H,15,16)/p-1. The van der Waals surface area contributed by atoms with Crippen molar-refractivity contribution in [2.24, 2.45) is 0 Å². The van der Waals surface area contributed by atoms with Gasteiger partial charge in [-0.2, -0.15) is 0 Å². The molecule has 0 saturated carbocycles. The van der Waals surface area contributed by atoms with Crippen molar-refractivity contribution in [3.8, 4) is 0 Å². The second-order valence-electron chi connectivity index (χ2n) is 4.60. The van der Waals surface area contributed by atoms with E-state index in [1.54, 1.807) is 20.8 Å². The van der Waals surface area contributed by atoms with E-state index in [0.717, 1.165) is 0 Å². The van der Waals surface area contributed by atoms with Crippen LogP contribution in [0.3, 0.4) is 0 Å². The van der Waals surface area contributed by atoms with Gasteiger partial charge in [0.2, 0.25) is 0 Å². The highest BCUT2D eigenvalue weighted by Gasteiger charge is 2.17. The van der Waals surface area contributed by atoms with Gasteiger partial charge in [-0.25, -0.2) is 4.79 Å². The highest BCUT2D eigenvalue weighted by Crippen LogP contribution is 2.21. The summed E-state index contributed by atoms with van der Waals surface area (Å²) in [5.41, 5.74) is -0.799. The third kappa shape index (κ3) is 4.25. The number of carboxylic acid groups (broad SMARTS) is 1. The van der Waals surface area contributed by atoms with Crippen LogP contribution in [0.1, 0.15) is 31.1 Å². The largest absolute Gasteiger partial charge is 0.545 e. The minimum absolute atomic E-state index is 0.0387. The fourth-order valence-electron chi connectivity index (χ4n) is 1.21. The number of aromatic carboxylic acids is 1. The number of benzene rings is 1. The minimum Gasteiger partial charge on any atom is -0.545 e. The van der Waals surface area contributed by atoms with Crippen molar-refractivity contribution >= 4 is 29.4 Å². The average Bonchev–Trinajstić information content (AvgIpc) is 2.13. The molecule has 98 valence electrons. The van der Waals surface area contributed by atoms with Gasteiger partial charge in [-0.15, -0.1) is 0 Å². The molecule has 1 N–H and O–H groups in total. The highest BCUT2D eigenvalue weighted by molar-refractivity contribution is 6.31. The van der Waals surface area contributed by atoms with Crippen LogP contribution in [0.4, 0.5) is 10.5 Å². The SMILES string of the molecule is CC(C)(C)OC(=O)Nc1cc(Cl)ccc1C(=O)[O-]. The smallest absolute Gasteiger partial charge is 0.412 e. The molecular weight excluding hydrogens is 258 g/mol. The summed E-state index contributed by atoms with van der Waals surface area (Å²) in [6.45, 7) is 5.10. The Kier molecular flexibility index (Phi) is 4.19. The maximum Gasteiger partial charge on any atom is 0.412 e. The minimum atomic E-state index is -1.40. The maximum absolute atomic E-state index is 11.5. The number of anilines is 1. The molecule has 0 fully saturated rings. The van der Waals surface area contributed by atoms with Gasteiger partial charge in [-0.3, -0.25) is 5.32 Å². The van der Waals surface area contributed by atoms with Crippen LogP contribution in [-0.4, -0.2) is 17.7 Å². The molecule has 1 amide bonds. The summed E-state index contributed by atoms with van der Waals surface area (Å²) < 4.78 is 5.01. The van der Waals surface area contributed by atoms with Gasteiger partial charge in [-0.1, -0.05) is 11.6 Å². The van der Waals surface area contributed by atoms with Crippen molar-refractivity contribution in [3.05, 3.63) is 28.8 Å². The van der Waals surface area contributed by atoms with E-state index in [1.165, 1.54) is 18.2 Å². The van der Waals surface area contributed by atoms with Gasteiger partial charge in [-0.05, 0) is 39.0 Å². The van der Waals surface area contributed by atoms with E-state index in [2.05, 4.69) is 5.32 Å². The first kappa shape index (κ1) is 14.3. The normalized spacial score (nSPS) is 10.9. The number of carboxylic acids is 1. The van der Waals surface area contributed by atoms with Gasteiger partial charge in [0.25, 0.3) is 0 Å². The van der Waals surface area contributed by atoms with Crippen LogP contribution >= 0.6 is 11.6 Å². The number of rotatable bonds is 2. The van der Waals surface area contributed by atoms with Crippen molar-refractivity contribution in [2.45, 2.75) is 26.4 Å². The molecule has 0 aliphatic carbocycles. The number of carbonyl (C=O) groups is 2. The van der Waals surface area contributed by atoms with E-state index in [0.29, 0.717) is 5.02 Å². The van der Waals surface area contributed by atoms with Crippen molar-refractivity contribution in [3.63, 3.8) is 0 Å². The molecule has 1 aromatic rings. The molecule has 0 radical (unpaired) electrons. The lowest BCUT2D eigenvalue weighted by atomic mass is 10.2. The van der Waals surface area contributed by atoms with Gasteiger partial charge in [0.15, 0.2) is 0 Å². The lowest BCUT2D eigenvalue weighted by Gasteiger charge is -2.20. The van der Waals surface area contributed by atoms with E-state index in [4.69, 9.17) is 16.3 Å². The van der Waals surface area contributed by atoms with Crippen LogP contribution in [0.2, 0.25) is 5.02 Å². The average molecular weight is 271 g/mol. The van der Waals surface area contributed by atoms with E-state index >= 15 is 0 Å². The number of nitrogens with one attached hydrogen (secondary N) is 1. The Morgan fingerprint density at radius 1 is 1.33 bits per heavy atom. The monoisotopic (exact) mass is 270 g/mol. The fraction of sp³-hybridized carbons (Fsp3) is 0.333. The van der Waals surface area contributed by atoms with Crippen LogP contribution in [-0.2, 0) is 4.74 Å². The fourth-order valence-corrected chi connectivity index (χ4v) is 1.38. The quantitative estimate of drug-likeness (QED) is 0.892. The maximum atomic E-state index is 11.5. The van der Waals surface area contributed by atoms with Crippen molar-refractivity contribution in [2.75, 3.05) is 5.32 Å². The Balaban J connectivity index is 2.93. The third-order valence-electron chi connectivity index (χ3n) is 1.84. The number of carbonyl (C=O) groups excluding carboxylic acids is 2. The number of hydrogen-bond acceptors (Lipinski definition) is 4. The molecule has 0 unspecified atom stereocenters. The summed E-state index contributed by atoms with van der Waals surface area (Å²) in [5.74, 6) is -1.40. The van der Waals surface area contributed by atoms with Gasteiger partial charge in [0, 0.05) is 10.6 Å². The predicted molar refractivity (Wildman–Crippen MR) is 65.6 cm³/mol. The van der Waals surface area contributed by atoms with Crippen LogP contribution in [0.25, 0.3) is 0 Å². The molecule has 0 aliphatic rings. The van der Waals surface area contributed by atoms with E-state index in [1.807, 2.05) is 0 Å². The summed E-state index contributed by atoms with van der Waals surface area (Å²) in [5, 5.41) is 13.5. The van der Waals surface area contributed by atoms with Crippen LogP contribution in [0, 0.1) is 0 Å². The van der Waals surface area contributed by atoms with Gasteiger partial charge in [0.1, 0.15) is 5.60 Å². The van der Waals surface area contributed by atoms with Crippen molar-refractivity contribution < 1.29 is 19.4 Å². The van der Waals surface area contributed by atoms with Crippen LogP contribution < -0.4 is 10.4 Å². The third-order valence-corrected chi connectivity index (χ3v) is 2.07. The Labute approximate surface area is 110 Å². The lowest BCUT2D eigenvalue weighted by Crippen LogP contribution is -2.29. The number of amides is 1. The Hall–Kier alpha value is -1.75. The molecular formula is C12H13ClNO4-.